The summed E-state index contributed by atoms with van der Waals surface area (Å²) in [7, 11) is 0. The molecule has 24 heavy (non-hydrogen) atoms. The minimum absolute atomic E-state index is 0.0884. The lowest BCUT2D eigenvalue weighted by Gasteiger charge is -2.07. The van der Waals surface area contributed by atoms with E-state index in [1.165, 1.54) is 46.1 Å². The highest BCUT2D eigenvalue weighted by Crippen LogP contribution is 2.27. The molecule has 0 fully saturated rings. The first-order chi connectivity index (χ1) is 11.5. The van der Waals surface area contributed by atoms with Crippen molar-refractivity contribution >= 4 is 16.3 Å². The number of hydrogen-bond acceptors (Lipinski definition) is 6. The zero-order valence-corrected chi connectivity index (χ0v) is 13.8. The standard InChI is InChI=1S/C16H14FN3O3S/c1-9(19-22)15-10(2)24-16-18-12(7-14(21)20(15)16)8-23-13-5-3-11(17)4-6-13/h3-7,9H,8H2,1-2H3. The van der Waals surface area contributed by atoms with Crippen LogP contribution in [0.25, 0.3) is 4.96 Å². The Balaban J connectivity index is 1.92. The Labute approximate surface area is 140 Å². The molecule has 0 bridgehead atoms. The van der Waals surface area contributed by atoms with E-state index in [2.05, 4.69) is 10.2 Å². The summed E-state index contributed by atoms with van der Waals surface area (Å²) in [5, 5.41) is 3.00. The lowest BCUT2D eigenvalue weighted by atomic mass is 10.2. The van der Waals surface area contributed by atoms with Crippen LogP contribution in [0, 0.1) is 17.6 Å². The van der Waals surface area contributed by atoms with E-state index in [9.17, 15) is 14.1 Å². The molecule has 1 aromatic carbocycles. The summed E-state index contributed by atoms with van der Waals surface area (Å²) >= 11 is 1.32. The average Bonchev–Trinajstić information content (AvgIpc) is 2.90. The summed E-state index contributed by atoms with van der Waals surface area (Å²) in [4.78, 5) is 28.9. The van der Waals surface area contributed by atoms with E-state index >= 15 is 0 Å². The fraction of sp³-hybridized carbons (Fsp3) is 0.250. The highest BCUT2D eigenvalue weighted by molar-refractivity contribution is 7.17. The van der Waals surface area contributed by atoms with Gasteiger partial charge in [0.2, 0.25) is 0 Å². The number of thiazole rings is 1. The normalized spacial score (nSPS) is 12.3. The van der Waals surface area contributed by atoms with Crippen LogP contribution in [0.1, 0.15) is 29.2 Å². The Morgan fingerprint density at radius 1 is 1.38 bits per heavy atom. The molecule has 124 valence electrons. The van der Waals surface area contributed by atoms with Gasteiger partial charge in [-0.1, -0.05) is 5.18 Å². The summed E-state index contributed by atoms with van der Waals surface area (Å²) in [5.41, 5.74) is 0.741. The maximum absolute atomic E-state index is 12.9. The second-order valence-corrected chi connectivity index (χ2v) is 6.45. The molecule has 0 saturated carbocycles. The molecule has 6 nitrogen and oxygen atoms in total. The zero-order valence-electron chi connectivity index (χ0n) is 13.0. The van der Waals surface area contributed by atoms with Gasteiger partial charge in [0.25, 0.3) is 5.56 Å². The van der Waals surface area contributed by atoms with E-state index in [1.54, 1.807) is 6.92 Å². The lowest BCUT2D eigenvalue weighted by molar-refractivity contribution is 0.301. The number of nitroso groups, excluding NO2 is 1. The van der Waals surface area contributed by atoms with Crippen LogP contribution in [0.15, 0.2) is 40.3 Å². The molecule has 0 aliphatic carbocycles. The molecule has 3 aromatic rings. The summed E-state index contributed by atoms with van der Waals surface area (Å²) in [6.07, 6.45) is 0. The van der Waals surface area contributed by atoms with E-state index in [0.29, 0.717) is 22.1 Å². The minimum Gasteiger partial charge on any atom is -0.487 e. The molecular weight excluding hydrogens is 333 g/mol. The number of aromatic nitrogens is 2. The van der Waals surface area contributed by atoms with E-state index < -0.39 is 6.04 Å². The maximum Gasteiger partial charge on any atom is 0.259 e. The average molecular weight is 347 g/mol. The Hall–Kier alpha value is -2.61. The SMILES string of the molecule is Cc1sc2nc(COc3ccc(F)cc3)cc(=O)n2c1C(C)N=O. The van der Waals surface area contributed by atoms with Crippen LogP contribution in [0.2, 0.25) is 0 Å². The molecule has 0 spiro atoms. The number of benzene rings is 1. The van der Waals surface area contributed by atoms with E-state index in [-0.39, 0.29) is 18.0 Å². The van der Waals surface area contributed by atoms with Crippen molar-refractivity contribution in [3.63, 3.8) is 0 Å². The third kappa shape index (κ3) is 3.05. The zero-order chi connectivity index (χ0) is 17.3. The molecule has 0 aliphatic rings. The van der Waals surface area contributed by atoms with Gasteiger partial charge in [-0.05, 0) is 38.1 Å². The Kier molecular flexibility index (Phi) is 4.39. The van der Waals surface area contributed by atoms with E-state index in [4.69, 9.17) is 4.74 Å². The summed E-state index contributed by atoms with van der Waals surface area (Å²) in [5.74, 6) is 0.139. The molecule has 0 N–H and O–H groups in total. The van der Waals surface area contributed by atoms with Crippen LogP contribution in [0.3, 0.4) is 0 Å². The monoisotopic (exact) mass is 347 g/mol. The molecule has 0 amide bonds. The van der Waals surface area contributed by atoms with Crippen molar-refractivity contribution in [1.29, 1.82) is 0 Å². The van der Waals surface area contributed by atoms with Gasteiger partial charge in [0.15, 0.2) is 4.96 Å². The van der Waals surface area contributed by atoms with Crippen molar-refractivity contribution < 1.29 is 9.13 Å². The second-order valence-electron chi connectivity index (χ2n) is 5.27. The van der Waals surface area contributed by atoms with Gasteiger partial charge in [0.05, 0.1) is 11.4 Å². The maximum atomic E-state index is 12.9. The summed E-state index contributed by atoms with van der Waals surface area (Å²) < 4.78 is 19.8. The number of nitrogens with zero attached hydrogens (tertiary/aromatic N) is 3. The quantitative estimate of drug-likeness (QED) is 0.661. The molecular formula is C16H14FN3O3S. The Morgan fingerprint density at radius 2 is 2.08 bits per heavy atom. The Morgan fingerprint density at radius 3 is 2.75 bits per heavy atom. The number of hydrogen-bond donors (Lipinski definition) is 0. The first kappa shape index (κ1) is 16.3. The van der Waals surface area contributed by atoms with Crippen molar-refractivity contribution in [1.82, 2.24) is 9.38 Å². The number of halogens is 1. The lowest BCUT2D eigenvalue weighted by Crippen LogP contribution is -2.18. The predicted octanol–water partition coefficient (Wildman–Crippen LogP) is 3.61. The summed E-state index contributed by atoms with van der Waals surface area (Å²) in [6, 6.07) is 6.34. The van der Waals surface area contributed by atoms with Crippen molar-refractivity contribution in [2.24, 2.45) is 5.18 Å². The van der Waals surface area contributed by atoms with Gasteiger partial charge in [-0.3, -0.25) is 9.20 Å². The molecule has 8 heteroatoms. The molecule has 1 atom stereocenters. The number of rotatable bonds is 5. The first-order valence-electron chi connectivity index (χ1n) is 7.22. The number of fused-ring (bicyclic) bond motifs is 1. The minimum atomic E-state index is -0.625. The largest absolute Gasteiger partial charge is 0.487 e. The third-order valence-corrected chi connectivity index (χ3v) is 4.51. The highest BCUT2D eigenvalue weighted by Gasteiger charge is 2.18. The molecule has 2 aromatic heterocycles. The van der Waals surface area contributed by atoms with Crippen LogP contribution in [-0.2, 0) is 6.61 Å². The van der Waals surface area contributed by atoms with Crippen LogP contribution in [0.4, 0.5) is 4.39 Å². The van der Waals surface area contributed by atoms with E-state index in [0.717, 1.165) is 4.88 Å². The topological polar surface area (TPSA) is 73.0 Å². The van der Waals surface area contributed by atoms with Crippen LogP contribution >= 0.6 is 11.3 Å². The predicted molar refractivity (Wildman–Crippen MR) is 89.0 cm³/mol. The third-order valence-electron chi connectivity index (χ3n) is 3.54. The molecule has 0 saturated heterocycles. The van der Waals surface area contributed by atoms with E-state index in [1.807, 2.05) is 6.92 Å². The van der Waals surface area contributed by atoms with Crippen molar-refractivity contribution in [3.05, 3.63) is 67.7 Å². The smallest absolute Gasteiger partial charge is 0.259 e. The van der Waals surface area contributed by atoms with Crippen molar-refractivity contribution in [2.45, 2.75) is 26.5 Å². The Bertz CT molecular complexity index is 950. The molecule has 3 rings (SSSR count). The van der Waals surface area contributed by atoms with Gasteiger partial charge in [0.1, 0.15) is 24.2 Å². The summed E-state index contributed by atoms with van der Waals surface area (Å²) in [6.45, 7) is 3.55. The fourth-order valence-corrected chi connectivity index (χ4v) is 3.52. The van der Waals surface area contributed by atoms with Gasteiger partial charge in [-0.15, -0.1) is 11.3 Å². The first-order valence-corrected chi connectivity index (χ1v) is 8.04. The number of ether oxygens (including phenoxy) is 1. The van der Waals surface area contributed by atoms with Gasteiger partial charge in [-0.25, -0.2) is 9.37 Å². The van der Waals surface area contributed by atoms with Gasteiger partial charge >= 0.3 is 0 Å². The van der Waals surface area contributed by atoms with Gasteiger partial charge < -0.3 is 4.74 Å². The van der Waals surface area contributed by atoms with Crippen molar-refractivity contribution in [3.8, 4) is 5.75 Å². The highest BCUT2D eigenvalue weighted by atomic mass is 32.1. The molecule has 0 aliphatic heterocycles. The van der Waals surface area contributed by atoms with Crippen LogP contribution in [-0.4, -0.2) is 9.38 Å². The van der Waals surface area contributed by atoms with Crippen LogP contribution in [0.5, 0.6) is 5.75 Å². The fourth-order valence-electron chi connectivity index (χ4n) is 2.44. The molecule has 0 radical (unpaired) electrons. The second kappa shape index (κ2) is 6.48. The van der Waals surface area contributed by atoms with Crippen molar-refractivity contribution in [2.75, 3.05) is 0 Å². The van der Waals surface area contributed by atoms with Crippen LogP contribution < -0.4 is 10.3 Å². The van der Waals surface area contributed by atoms with Gasteiger partial charge in [0, 0.05) is 10.9 Å². The molecule has 1 unspecified atom stereocenters. The number of aryl methyl sites for hydroxylation is 1. The van der Waals surface area contributed by atoms with Gasteiger partial charge in [-0.2, -0.15) is 4.91 Å². The molecule has 2 heterocycles.